The van der Waals surface area contributed by atoms with Crippen LogP contribution >= 0.6 is 11.5 Å². The highest BCUT2D eigenvalue weighted by Gasteiger charge is 2.23. The highest BCUT2D eigenvalue weighted by molar-refractivity contribution is 7.05. The summed E-state index contributed by atoms with van der Waals surface area (Å²) in [5, 5.41) is 9.12. The first-order chi connectivity index (χ1) is 6.24. The van der Waals surface area contributed by atoms with E-state index in [4.69, 9.17) is 5.11 Å². The molecule has 1 aliphatic carbocycles. The van der Waals surface area contributed by atoms with Crippen molar-refractivity contribution in [1.82, 2.24) is 9.36 Å². The molecule has 1 N–H and O–H groups in total. The van der Waals surface area contributed by atoms with Crippen molar-refractivity contribution in [2.45, 2.75) is 25.7 Å². The van der Waals surface area contributed by atoms with Crippen molar-refractivity contribution in [2.75, 3.05) is 0 Å². The van der Waals surface area contributed by atoms with Gasteiger partial charge in [0.15, 0.2) is 0 Å². The third kappa shape index (κ3) is 2.48. The lowest BCUT2D eigenvalue weighted by Crippen LogP contribution is -1.99. The van der Waals surface area contributed by atoms with Gasteiger partial charge in [-0.1, -0.05) is 0 Å². The molecule has 5 heteroatoms. The predicted octanol–water partition coefficient (Wildman–Crippen LogP) is 1.12. The molecule has 4 nitrogen and oxygen atoms in total. The van der Waals surface area contributed by atoms with Crippen molar-refractivity contribution in [3.8, 4) is 0 Å². The standard InChI is InChI=1S/C8H10N2O2S/c11-8(12)4-7-9-6(10-13-7)3-5-1-2-5/h5H,1-4H2,(H,11,12). The molecule has 0 spiro atoms. The minimum Gasteiger partial charge on any atom is -0.481 e. The van der Waals surface area contributed by atoms with Crippen molar-refractivity contribution >= 4 is 17.5 Å². The summed E-state index contributed by atoms with van der Waals surface area (Å²) in [5.41, 5.74) is 0. The minimum absolute atomic E-state index is 0.00231. The van der Waals surface area contributed by atoms with Gasteiger partial charge in [-0.3, -0.25) is 4.79 Å². The molecule has 0 unspecified atom stereocenters. The second-order valence-corrected chi connectivity index (χ2v) is 4.16. The SMILES string of the molecule is O=C(O)Cc1nc(CC2CC2)ns1. The summed E-state index contributed by atoms with van der Waals surface area (Å²) in [4.78, 5) is 14.5. The van der Waals surface area contributed by atoms with Gasteiger partial charge in [-0.05, 0) is 30.3 Å². The lowest BCUT2D eigenvalue weighted by molar-refractivity contribution is -0.136. The lowest BCUT2D eigenvalue weighted by Gasteiger charge is -1.88. The van der Waals surface area contributed by atoms with Gasteiger partial charge >= 0.3 is 5.97 Å². The van der Waals surface area contributed by atoms with Crippen LogP contribution in [0.4, 0.5) is 0 Å². The van der Waals surface area contributed by atoms with Crippen LogP contribution in [-0.2, 0) is 17.6 Å². The van der Waals surface area contributed by atoms with E-state index in [0.29, 0.717) is 5.01 Å². The number of carbonyl (C=O) groups is 1. The summed E-state index contributed by atoms with van der Waals surface area (Å²) >= 11 is 1.21. The molecule has 0 aromatic carbocycles. The van der Waals surface area contributed by atoms with E-state index >= 15 is 0 Å². The number of carboxylic acid groups (broad SMARTS) is 1. The average Bonchev–Trinajstić information content (AvgIpc) is 2.73. The predicted molar refractivity (Wildman–Crippen MR) is 47.7 cm³/mol. The molecule has 1 aromatic heterocycles. The number of hydrogen-bond acceptors (Lipinski definition) is 4. The quantitative estimate of drug-likeness (QED) is 0.787. The van der Waals surface area contributed by atoms with E-state index in [9.17, 15) is 4.79 Å². The molecule has 0 saturated heterocycles. The van der Waals surface area contributed by atoms with Crippen molar-refractivity contribution in [2.24, 2.45) is 5.92 Å². The van der Waals surface area contributed by atoms with Crippen LogP contribution in [0.15, 0.2) is 0 Å². The molecule has 1 aromatic rings. The molecule has 1 aliphatic rings. The number of aromatic nitrogens is 2. The highest BCUT2D eigenvalue weighted by atomic mass is 32.1. The van der Waals surface area contributed by atoms with Crippen molar-refractivity contribution < 1.29 is 9.90 Å². The molecule has 2 rings (SSSR count). The fourth-order valence-electron chi connectivity index (χ4n) is 1.15. The van der Waals surface area contributed by atoms with Gasteiger partial charge < -0.3 is 5.11 Å². The Morgan fingerprint density at radius 1 is 1.62 bits per heavy atom. The van der Waals surface area contributed by atoms with Crippen LogP contribution in [0.3, 0.4) is 0 Å². The summed E-state index contributed by atoms with van der Waals surface area (Å²) in [7, 11) is 0. The average molecular weight is 198 g/mol. The first-order valence-electron chi connectivity index (χ1n) is 4.27. The number of aliphatic carboxylic acids is 1. The van der Waals surface area contributed by atoms with Crippen molar-refractivity contribution in [1.29, 1.82) is 0 Å². The Balaban J connectivity index is 1.95. The van der Waals surface area contributed by atoms with Crippen LogP contribution in [0.25, 0.3) is 0 Å². The number of rotatable bonds is 4. The maximum Gasteiger partial charge on any atom is 0.310 e. The summed E-state index contributed by atoms with van der Waals surface area (Å²) < 4.78 is 4.12. The monoisotopic (exact) mass is 198 g/mol. The number of carboxylic acids is 1. The number of nitrogens with zero attached hydrogens (tertiary/aromatic N) is 2. The largest absolute Gasteiger partial charge is 0.481 e. The van der Waals surface area contributed by atoms with Gasteiger partial charge in [-0.2, -0.15) is 4.37 Å². The summed E-state index contributed by atoms with van der Waals surface area (Å²) in [6.45, 7) is 0. The maximum absolute atomic E-state index is 10.4. The fraction of sp³-hybridized carbons (Fsp3) is 0.625. The van der Waals surface area contributed by atoms with E-state index in [2.05, 4.69) is 9.36 Å². The molecule has 1 heterocycles. The van der Waals surface area contributed by atoms with Crippen LogP contribution < -0.4 is 0 Å². The van der Waals surface area contributed by atoms with Crippen LogP contribution in [0.2, 0.25) is 0 Å². The molecule has 70 valence electrons. The Kier molecular flexibility index (Phi) is 2.26. The second kappa shape index (κ2) is 3.41. The van der Waals surface area contributed by atoms with E-state index in [1.54, 1.807) is 0 Å². The van der Waals surface area contributed by atoms with Gasteiger partial charge in [0.05, 0.1) is 6.42 Å². The van der Waals surface area contributed by atoms with Crippen molar-refractivity contribution in [3.05, 3.63) is 10.8 Å². The smallest absolute Gasteiger partial charge is 0.310 e. The van der Waals surface area contributed by atoms with E-state index < -0.39 is 5.97 Å². The number of hydrogen-bond donors (Lipinski definition) is 1. The Hall–Kier alpha value is -0.970. The zero-order valence-electron chi connectivity index (χ0n) is 7.06. The van der Waals surface area contributed by atoms with Crippen molar-refractivity contribution in [3.63, 3.8) is 0 Å². The van der Waals surface area contributed by atoms with Gasteiger partial charge in [-0.25, -0.2) is 4.98 Å². The zero-order valence-corrected chi connectivity index (χ0v) is 7.88. The van der Waals surface area contributed by atoms with Gasteiger partial charge in [0.25, 0.3) is 0 Å². The second-order valence-electron chi connectivity index (χ2n) is 3.32. The van der Waals surface area contributed by atoms with Crippen LogP contribution in [0, 0.1) is 5.92 Å². The highest BCUT2D eigenvalue weighted by Crippen LogP contribution is 2.31. The molecule has 13 heavy (non-hydrogen) atoms. The molecule has 0 amide bonds. The summed E-state index contributed by atoms with van der Waals surface area (Å²) in [5.74, 6) is 0.741. The molecule has 1 fully saturated rings. The maximum atomic E-state index is 10.4. The summed E-state index contributed by atoms with van der Waals surface area (Å²) in [6.07, 6.45) is 3.47. The molecule has 1 saturated carbocycles. The first kappa shape index (κ1) is 8.62. The lowest BCUT2D eigenvalue weighted by atomic mass is 10.3. The zero-order chi connectivity index (χ0) is 9.26. The van der Waals surface area contributed by atoms with E-state index in [1.165, 1.54) is 24.4 Å². The van der Waals surface area contributed by atoms with Gasteiger partial charge in [0, 0.05) is 6.42 Å². The van der Waals surface area contributed by atoms with E-state index in [0.717, 1.165) is 18.2 Å². The van der Waals surface area contributed by atoms with Crippen LogP contribution in [-0.4, -0.2) is 20.4 Å². The minimum atomic E-state index is -0.839. The van der Waals surface area contributed by atoms with E-state index in [-0.39, 0.29) is 6.42 Å². The van der Waals surface area contributed by atoms with Crippen LogP contribution in [0.1, 0.15) is 23.7 Å². The molecule has 0 radical (unpaired) electrons. The van der Waals surface area contributed by atoms with Gasteiger partial charge in [0.1, 0.15) is 10.8 Å². The fourth-order valence-corrected chi connectivity index (χ4v) is 1.81. The summed E-state index contributed by atoms with van der Waals surface area (Å²) in [6, 6.07) is 0. The topological polar surface area (TPSA) is 63.1 Å². The molecular weight excluding hydrogens is 188 g/mol. The molecule has 0 atom stereocenters. The van der Waals surface area contributed by atoms with Gasteiger partial charge in [-0.15, -0.1) is 0 Å². The Morgan fingerprint density at radius 2 is 2.38 bits per heavy atom. The van der Waals surface area contributed by atoms with Crippen LogP contribution in [0.5, 0.6) is 0 Å². The third-order valence-electron chi connectivity index (χ3n) is 1.98. The Bertz CT molecular complexity index is 320. The van der Waals surface area contributed by atoms with E-state index in [1.807, 2.05) is 0 Å². The third-order valence-corrected chi connectivity index (χ3v) is 2.73. The Morgan fingerprint density at radius 3 is 3.00 bits per heavy atom. The van der Waals surface area contributed by atoms with Gasteiger partial charge in [0.2, 0.25) is 0 Å². The molecule has 0 bridgehead atoms. The Labute approximate surface area is 79.8 Å². The molecule has 0 aliphatic heterocycles. The molecular formula is C8H10N2O2S. The first-order valence-corrected chi connectivity index (χ1v) is 5.04. The normalized spacial score (nSPS) is 16.0.